The van der Waals surface area contributed by atoms with E-state index in [-0.39, 0.29) is 5.82 Å². The Labute approximate surface area is 164 Å². The molecule has 0 aliphatic heterocycles. The smallest absolute Gasteiger partial charge is 0.128 e. The van der Waals surface area contributed by atoms with E-state index in [0.29, 0.717) is 24.6 Å². The van der Waals surface area contributed by atoms with Crippen LogP contribution in [0.5, 0.6) is 0 Å². The number of thiophene rings is 1. The third-order valence-electron chi connectivity index (χ3n) is 4.76. The first-order valence-corrected chi connectivity index (χ1v) is 10.2. The van der Waals surface area contributed by atoms with E-state index in [0.717, 1.165) is 29.8 Å². The van der Waals surface area contributed by atoms with Gasteiger partial charge in [0, 0.05) is 29.9 Å². The zero-order valence-electron chi connectivity index (χ0n) is 16.5. The van der Waals surface area contributed by atoms with Crippen LogP contribution in [-0.2, 0) is 24.1 Å². The van der Waals surface area contributed by atoms with E-state index >= 15 is 0 Å². The Kier molecular flexibility index (Phi) is 6.45. The predicted molar refractivity (Wildman–Crippen MR) is 110 cm³/mol. The van der Waals surface area contributed by atoms with Gasteiger partial charge in [-0.3, -0.25) is 0 Å². The lowest BCUT2D eigenvalue weighted by atomic mass is 9.96. The van der Waals surface area contributed by atoms with Gasteiger partial charge in [0.1, 0.15) is 11.6 Å². The van der Waals surface area contributed by atoms with Crippen molar-refractivity contribution < 1.29 is 9.13 Å². The SMILES string of the molecule is COCCc1c(-c2ccc(Cn3ccnc3C)c(F)c2)csc1CC(C)C. The van der Waals surface area contributed by atoms with Gasteiger partial charge in [0.05, 0.1) is 13.2 Å². The highest BCUT2D eigenvalue weighted by Crippen LogP contribution is 2.34. The van der Waals surface area contributed by atoms with E-state index in [1.165, 1.54) is 10.4 Å². The molecule has 0 unspecified atom stereocenters. The molecule has 0 radical (unpaired) electrons. The molecule has 3 aromatic rings. The zero-order chi connectivity index (χ0) is 19.4. The third-order valence-corrected chi connectivity index (χ3v) is 5.81. The minimum atomic E-state index is -0.171. The van der Waals surface area contributed by atoms with Crippen molar-refractivity contribution >= 4 is 11.3 Å². The highest BCUT2D eigenvalue weighted by molar-refractivity contribution is 7.10. The zero-order valence-corrected chi connectivity index (χ0v) is 17.3. The molecule has 0 spiro atoms. The van der Waals surface area contributed by atoms with Gasteiger partial charge < -0.3 is 9.30 Å². The van der Waals surface area contributed by atoms with Crippen LogP contribution in [0.25, 0.3) is 11.1 Å². The molecule has 0 aliphatic rings. The van der Waals surface area contributed by atoms with Gasteiger partial charge in [-0.25, -0.2) is 9.37 Å². The molecular weight excluding hydrogens is 359 g/mol. The lowest BCUT2D eigenvalue weighted by Crippen LogP contribution is -2.03. The van der Waals surface area contributed by atoms with Gasteiger partial charge in [-0.2, -0.15) is 0 Å². The lowest BCUT2D eigenvalue weighted by molar-refractivity contribution is 0.202. The Balaban J connectivity index is 1.90. The van der Waals surface area contributed by atoms with E-state index < -0.39 is 0 Å². The van der Waals surface area contributed by atoms with Crippen LogP contribution in [0.2, 0.25) is 0 Å². The minimum Gasteiger partial charge on any atom is -0.384 e. The molecule has 3 nitrogen and oxygen atoms in total. The van der Waals surface area contributed by atoms with Crippen LogP contribution in [0.4, 0.5) is 4.39 Å². The summed E-state index contributed by atoms with van der Waals surface area (Å²) in [6.45, 7) is 7.56. The molecule has 2 aromatic heterocycles. The molecule has 0 saturated heterocycles. The first-order chi connectivity index (χ1) is 13.0. The number of ether oxygens (including phenoxy) is 1. The molecule has 2 heterocycles. The Morgan fingerprint density at radius 2 is 2.11 bits per heavy atom. The number of benzene rings is 1. The number of methoxy groups -OCH3 is 1. The fourth-order valence-electron chi connectivity index (χ4n) is 3.28. The van der Waals surface area contributed by atoms with Crippen LogP contribution in [-0.4, -0.2) is 23.3 Å². The Hall–Kier alpha value is -1.98. The van der Waals surface area contributed by atoms with Crippen LogP contribution in [0, 0.1) is 18.7 Å². The van der Waals surface area contributed by atoms with Gasteiger partial charge in [0.2, 0.25) is 0 Å². The number of rotatable bonds is 8. The molecule has 144 valence electrons. The average Bonchev–Trinajstić information content (AvgIpc) is 3.21. The maximum Gasteiger partial charge on any atom is 0.128 e. The van der Waals surface area contributed by atoms with Crippen LogP contribution in [0.1, 0.15) is 35.7 Å². The molecule has 0 fully saturated rings. The van der Waals surface area contributed by atoms with Crippen LogP contribution in [0.3, 0.4) is 0 Å². The maximum atomic E-state index is 14.8. The van der Waals surface area contributed by atoms with Crippen molar-refractivity contribution in [1.82, 2.24) is 9.55 Å². The molecule has 5 heteroatoms. The largest absolute Gasteiger partial charge is 0.384 e. The number of hydrogen-bond donors (Lipinski definition) is 0. The number of aryl methyl sites for hydroxylation is 1. The van der Waals surface area contributed by atoms with Crippen LogP contribution >= 0.6 is 11.3 Å². The van der Waals surface area contributed by atoms with Crippen molar-refractivity contribution in [3.05, 3.63) is 63.6 Å². The first-order valence-electron chi connectivity index (χ1n) is 9.34. The molecule has 0 aliphatic carbocycles. The second-order valence-electron chi connectivity index (χ2n) is 7.30. The standard InChI is InChI=1S/C22H27FN2OS/c1-15(2)11-22-19(7-10-26-4)20(14-27-22)17-5-6-18(21(23)12-17)13-25-9-8-24-16(25)3/h5-6,8-9,12,14-15H,7,10-11,13H2,1-4H3. The Morgan fingerprint density at radius 1 is 1.30 bits per heavy atom. The van der Waals surface area contributed by atoms with E-state index in [1.54, 1.807) is 30.7 Å². The summed E-state index contributed by atoms with van der Waals surface area (Å²) in [5.41, 5.74) is 4.05. The highest BCUT2D eigenvalue weighted by atomic mass is 32.1. The van der Waals surface area contributed by atoms with Gasteiger partial charge in [0.25, 0.3) is 0 Å². The van der Waals surface area contributed by atoms with Crippen molar-refractivity contribution in [2.45, 2.75) is 40.2 Å². The number of halogens is 1. The summed E-state index contributed by atoms with van der Waals surface area (Å²) >= 11 is 1.78. The van der Waals surface area contributed by atoms with Crippen molar-refractivity contribution in [3.63, 3.8) is 0 Å². The summed E-state index contributed by atoms with van der Waals surface area (Å²) in [7, 11) is 1.72. The Morgan fingerprint density at radius 3 is 2.74 bits per heavy atom. The van der Waals surface area contributed by atoms with Gasteiger partial charge in [0.15, 0.2) is 0 Å². The second-order valence-corrected chi connectivity index (χ2v) is 8.26. The number of imidazole rings is 1. The predicted octanol–water partition coefficient (Wildman–Crippen LogP) is 5.49. The van der Waals surface area contributed by atoms with Crippen LogP contribution < -0.4 is 0 Å². The van der Waals surface area contributed by atoms with E-state index in [4.69, 9.17) is 4.74 Å². The number of hydrogen-bond acceptors (Lipinski definition) is 3. The molecule has 0 N–H and O–H groups in total. The number of aromatic nitrogens is 2. The Bertz CT molecular complexity index is 898. The molecule has 0 bridgehead atoms. The molecule has 3 rings (SSSR count). The van der Waals surface area contributed by atoms with Gasteiger partial charge in [-0.1, -0.05) is 26.0 Å². The van der Waals surface area contributed by atoms with Crippen molar-refractivity contribution in [3.8, 4) is 11.1 Å². The number of nitrogens with zero attached hydrogens (tertiary/aromatic N) is 2. The van der Waals surface area contributed by atoms with Gasteiger partial charge in [-0.05, 0) is 53.8 Å². The van der Waals surface area contributed by atoms with Crippen molar-refractivity contribution in [1.29, 1.82) is 0 Å². The van der Waals surface area contributed by atoms with Crippen molar-refractivity contribution in [2.24, 2.45) is 5.92 Å². The summed E-state index contributed by atoms with van der Waals surface area (Å²) in [6.07, 6.45) is 5.52. The summed E-state index contributed by atoms with van der Waals surface area (Å²) < 4.78 is 22.1. The quantitative estimate of drug-likeness (QED) is 0.511. The maximum absolute atomic E-state index is 14.8. The van der Waals surface area contributed by atoms with Gasteiger partial charge in [-0.15, -0.1) is 11.3 Å². The molecular formula is C22H27FN2OS. The molecule has 1 aromatic carbocycles. The lowest BCUT2D eigenvalue weighted by Gasteiger charge is -2.11. The molecule has 27 heavy (non-hydrogen) atoms. The van der Waals surface area contributed by atoms with Gasteiger partial charge >= 0.3 is 0 Å². The van der Waals surface area contributed by atoms with E-state index in [9.17, 15) is 4.39 Å². The normalized spacial score (nSPS) is 11.5. The fourth-order valence-corrected chi connectivity index (χ4v) is 4.60. The monoisotopic (exact) mass is 386 g/mol. The van der Waals surface area contributed by atoms with E-state index in [2.05, 4.69) is 24.2 Å². The van der Waals surface area contributed by atoms with Crippen LogP contribution in [0.15, 0.2) is 36.0 Å². The molecule has 0 atom stereocenters. The summed E-state index contributed by atoms with van der Waals surface area (Å²) in [4.78, 5) is 5.59. The summed E-state index contributed by atoms with van der Waals surface area (Å²) in [5, 5.41) is 2.16. The molecule has 0 saturated carbocycles. The van der Waals surface area contributed by atoms with Crippen molar-refractivity contribution in [2.75, 3.05) is 13.7 Å². The first kappa shape index (κ1) is 19.8. The third kappa shape index (κ3) is 4.66. The topological polar surface area (TPSA) is 27.1 Å². The highest BCUT2D eigenvalue weighted by Gasteiger charge is 2.16. The summed E-state index contributed by atoms with van der Waals surface area (Å²) in [6, 6.07) is 5.59. The second kappa shape index (κ2) is 8.81. The summed E-state index contributed by atoms with van der Waals surface area (Å²) in [5.74, 6) is 1.31. The average molecular weight is 387 g/mol. The fraction of sp³-hybridized carbons (Fsp3) is 0.409. The van der Waals surface area contributed by atoms with E-state index in [1.807, 2.05) is 29.8 Å². The molecule has 0 amide bonds. The minimum absolute atomic E-state index is 0.171.